The number of hydrogen-bond acceptors (Lipinski definition) is 3. The van der Waals surface area contributed by atoms with Gasteiger partial charge in [-0.1, -0.05) is 6.92 Å². The Hall–Kier alpha value is -0.810. The van der Waals surface area contributed by atoms with Crippen LogP contribution in [0.2, 0.25) is 0 Å². The van der Waals surface area contributed by atoms with Crippen LogP contribution in [0.25, 0.3) is 0 Å². The summed E-state index contributed by atoms with van der Waals surface area (Å²) in [5.41, 5.74) is 0. The van der Waals surface area contributed by atoms with Gasteiger partial charge >= 0.3 is 0 Å². The van der Waals surface area contributed by atoms with Crippen molar-refractivity contribution in [3.05, 3.63) is 0 Å². The Bertz CT molecular complexity index is 266. The lowest BCUT2D eigenvalue weighted by Gasteiger charge is -2.16. The summed E-state index contributed by atoms with van der Waals surface area (Å²) in [4.78, 5) is 4.55. The average Bonchev–Trinajstić information content (AvgIpc) is 2.95. The van der Waals surface area contributed by atoms with Gasteiger partial charge in [0, 0.05) is 32.3 Å². The van der Waals surface area contributed by atoms with E-state index in [4.69, 9.17) is 9.47 Å². The summed E-state index contributed by atoms with van der Waals surface area (Å²) in [6.45, 7) is 10.5. The third-order valence-corrected chi connectivity index (χ3v) is 3.38. The summed E-state index contributed by atoms with van der Waals surface area (Å²) in [6.07, 6.45) is 4.68. The maximum Gasteiger partial charge on any atom is 0.191 e. The fraction of sp³-hybridized carbons (Fsp3) is 0.933. The van der Waals surface area contributed by atoms with Gasteiger partial charge in [-0.05, 0) is 39.5 Å². The third-order valence-electron chi connectivity index (χ3n) is 3.38. The van der Waals surface area contributed by atoms with Crippen molar-refractivity contribution >= 4 is 5.96 Å². The van der Waals surface area contributed by atoms with E-state index in [9.17, 15) is 0 Å². The first-order valence-electron chi connectivity index (χ1n) is 8.00. The average molecular weight is 285 g/mol. The topological polar surface area (TPSA) is 54.9 Å². The van der Waals surface area contributed by atoms with Crippen LogP contribution in [-0.2, 0) is 9.47 Å². The molecular formula is C15H31N3O2. The number of nitrogens with one attached hydrogen (secondary N) is 2. The molecule has 20 heavy (non-hydrogen) atoms. The minimum atomic E-state index is 0.322. The molecule has 1 heterocycles. The molecule has 0 unspecified atom stereocenters. The Balaban J connectivity index is 2.09. The summed E-state index contributed by atoms with van der Waals surface area (Å²) in [6, 6.07) is 0.448. The monoisotopic (exact) mass is 285 g/mol. The van der Waals surface area contributed by atoms with Gasteiger partial charge in [-0.15, -0.1) is 0 Å². The van der Waals surface area contributed by atoms with Crippen molar-refractivity contribution < 1.29 is 9.47 Å². The molecule has 0 aromatic carbocycles. The van der Waals surface area contributed by atoms with Crippen LogP contribution < -0.4 is 10.6 Å². The first-order chi connectivity index (χ1) is 9.76. The van der Waals surface area contributed by atoms with Crippen LogP contribution in [0.1, 0.15) is 46.5 Å². The van der Waals surface area contributed by atoms with Crippen LogP contribution in [-0.4, -0.2) is 51.0 Å². The molecule has 1 fully saturated rings. The van der Waals surface area contributed by atoms with Crippen LogP contribution in [0.3, 0.4) is 0 Å². The molecule has 118 valence electrons. The first-order valence-corrected chi connectivity index (χ1v) is 8.00. The number of aliphatic imine (C=N–C) groups is 1. The van der Waals surface area contributed by atoms with Crippen molar-refractivity contribution in [1.29, 1.82) is 0 Å². The molecular weight excluding hydrogens is 254 g/mol. The highest BCUT2D eigenvalue weighted by Crippen LogP contribution is 2.11. The second-order valence-electron chi connectivity index (χ2n) is 5.28. The quantitative estimate of drug-likeness (QED) is 0.386. The number of guanidine groups is 1. The van der Waals surface area contributed by atoms with Crippen LogP contribution >= 0.6 is 0 Å². The standard InChI is InChI=1S/C15H31N3O2/c1-4-13(3)18-15(16-5-2)17-9-7-10-19-12-14-8-6-11-20-14/h13-14H,4-12H2,1-3H3,(H2,16,17,18)/t13-,14+/m1/s1. The summed E-state index contributed by atoms with van der Waals surface area (Å²) in [5, 5.41) is 6.64. The molecule has 0 aliphatic carbocycles. The van der Waals surface area contributed by atoms with E-state index in [1.807, 2.05) is 0 Å². The zero-order valence-electron chi connectivity index (χ0n) is 13.3. The number of nitrogens with zero attached hydrogens (tertiary/aromatic N) is 1. The molecule has 2 N–H and O–H groups in total. The lowest BCUT2D eigenvalue weighted by atomic mass is 10.2. The fourth-order valence-corrected chi connectivity index (χ4v) is 2.00. The second-order valence-corrected chi connectivity index (χ2v) is 5.28. The van der Waals surface area contributed by atoms with Crippen molar-refractivity contribution in [2.24, 2.45) is 4.99 Å². The van der Waals surface area contributed by atoms with Gasteiger partial charge in [-0.25, -0.2) is 0 Å². The molecule has 2 atom stereocenters. The highest BCUT2D eigenvalue weighted by Gasteiger charge is 2.14. The molecule has 0 bridgehead atoms. The van der Waals surface area contributed by atoms with Crippen LogP contribution in [0.5, 0.6) is 0 Å². The van der Waals surface area contributed by atoms with E-state index in [0.717, 1.165) is 58.1 Å². The zero-order chi connectivity index (χ0) is 14.6. The lowest BCUT2D eigenvalue weighted by molar-refractivity contribution is 0.0171. The first kappa shape index (κ1) is 17.2. The van der Waals surface area contributed by atoms with E-state index in [1.165, 1.54) is 6.42 Å². The van der Waals surface area contributed by atoms with Gasteiger partial charge in [0.1, 0.15) is 0 Å². The molecule has 5 heteroatoms. The molecule has 0 aromatic heterocycles. The Kier molecular flexibility index (Phi) is 9.41. The van der Waals surface area contributed by atoms with Crippen LogP contribution in [0.4, 0.5) is 0 Å². The Morgan fingerprint density at radius 1 is 1.45 bits per heavy atom. The van der Waals surface area contributed by atoms with Crippen molar-refractivity contribution in [2.75, 3.05) is 32.9 Å². The molecule has 0 spiro atoms. The largest absolute Gasteiger partial charge is 0.379 e. The Morgan fingerprint density at radius 3 is 2.95 bits per heavy atom. The molecule has 1 aliphatic heterocycles. The van der Waals surface area contributed by atoms with Crippen LogP contribution in [0, 0.1) is 0 Å². The molecule has 0 saturated carbocycles. The molecule has 0 radical (unpaired) electrons. The predicted molar refractivity (Wildman–Crippen MR) is 83.3 cm³/mol. The zero-order valence-corrected chi connectivity index (χ0v) is 13.3. The molecule has 0 amide bonds. The third kappa shape index (κ3) is 7.70. The number of rotatable bonds is 9. The van der Waals surface area contributed by atoms with E-state index in [2.05, 4.69) is 36.4 Å². The predicted octanol–water partition coefficient (Wildman–Crippen LogP) is 1.93. The minimum Gasteiger partial charge on any atom is -0.379 e. The maximum absolute atomic E-state index is 5.63. The van der Waals surface area contributed by atoms with Crippen LogP contribution in [0.15, 0.2) is 4.99 Å². The van der Waals surface area contributed by atoms with Gasteiger partial charge in [-0.2, -0.15) is 0 Å². The molecule has 0 aromatic rings. The Labute approximate surface area is 123 Å². The SMILES string of the molecule is CCNC(=NCCCOC[C@@H]1CCCO1)N[C@H](C)CC. The van der Waals surface area contributed by atoms with Crippen molar-refractivity contribution in [3.63, 3.8) is 0 Å². The summed E-state index contributed by atoms with van der Waals surface area (Å²) < 4.78 is 11.1. The lowest BCUT2D eigenvalue weighted by Crippen LogP contribution is -2.42. The van der Waals surface area contributed by atoms with E-state index in [0.29, 0.717) is 12.1 Å². The van der Waals surface area contributed by atoms with Gasteiger partial charge in [0.2, 0.25) is 0 Å². The van der Waals surface area contributed by atoms with Gasteiger partial charge in [0.15, 0.2) is 5.96 Å². The Morgan fingerprint density at radius 2 is 2.30 bits per heavy atom. The molecule has 5 nitrogen and oxygen atoms in total. The van der Waals surface area contributed by atoms with Gasteiger partial charge in [0.25, 0.3) is 0 Å². The normalized spacial score (nSPS) is 20.9. The van der Waals surface area contributed by atoms with E-state index < -0.39 is 0 Å². The van der Waals surface area contributed by atoms with Gasteiger partial charge in [-0.3, -0.25) is 4.99 Å². The van der Waals surface area contributed by atoms with Crippen molar-refractivity contribution in [1.82, 2.24) is 10.6 Å². The molecule has 1 aliphatic rings. The smallest absolute Gasteiger partial charge is 0.191 e. The van der Waals surface area contributed by atoms with Gasteiger partial charge < -0.3 is 20.1 Å². The minimum absolute atomic E-state index is 0.322. The molecule has 1 rings (SSSR count). The van der Waals surface area contributed by atoms with Crippen molar-refractivity contribution in [2.45, 2.75) is 58.6 Å². The van der Waals surface area contributed by atoms with E-state index in [1.54, 1.807) is 0 Å². The van der Waals surface area contributed by atoms with Gasteiger partial charge in [0.05, 0.1) is 12.7 Å². The summed E-state index contributed by atoms with van der Waals surface area (Å²) >= 11 is 0. The maximum atomic E-state index is 5.63. The number of hydrogen-bond donors (Lipinski definition) is 2. The van der Waals surface area contributed by atoms with E-state index in [-0.39, 0.29) is 0 Å². The summed E-state index contributed by atoms with van der Waals surface area (Å²) in [7, 11) is 0. The van der Waals surface area contributed by atoms with Crippen molar-refractivity contribution in [3.8, 4) is 0 Å². The van der Waals surface area contributed by atoms with E-state index >= 15 is 0 Å². The molecule has 1 saturated heterocycles. The highest BCUT2D eigenvalue weighted by atomic mass is 16.5. The highest BCUT2D eigenvalue weighted by molar-refractivity contribution is 5.79. The fourth-order valence-electron chi connectivity index (χ4n) is 2.00. The number of ether oxygens (including phenoxy) is 2. The second kappa shape index (κ2) is 10.9. The summed E-state index contributed by atoms with van der Waals surface area (Å²) in [5.74, 6) is 0.904.